The Morgan fingerprint density at radius 3 is 1.21 bits per heavy atom. The summed E-state index contributed by atoms with van der Waals surface area (Å²) in [4.78, 5) is 52.9. The molecule has 4 aliphatic heterocycles. The zero-order chi connectivity index (χ0) is 58.4. The fraction of sp³-hybridized carbons (Fsp3) is 0.333. The van der Waals surface area contributed by atoms with Crippen LogP contribution in [0.5, 0.6) is 0 Å². The van der Waals surface area contributed by atoms with Crippen molar-refractivity contribution in [3.8, 4) is 0 Å². The normalized spacial score (nSPS) is 21.6. The molecule has 0 spiro atoms. The molecule has 0 unspecified atom stereocenters. The van der Waals surface area contributed by atoms with Gasteiger partial charge in [-0.15, -0.1) is 0 Å². The first-order chi connectivity index (χ1) is 38.2. The highest BCUT2D eigenvalue weighted by Gasteiger charge is 2.45. The molecule has 416 valence electrons. The molecule has 12 nitrogen and oxygen atoms in total. The molecule has 0 saturated heterocycles. The first-order valence-corrected chi connectivity index (χ1v) is 28.0. The monoisotopic (exact) mass is 1080 g/mol. The summed E-state index contributed by atoms with van der Waals surface area (Å²) in [5, 5.41) is 44.1. The molecule has 4 aromatic rings. The van der Waals surface area contributed by atoms with E-state index >= 15 is 0 Å². The van der Waals surface area contributed by atoms with Crippen LogP contribution in [0.1, 0.15) is 164 Å². The minimum absolute atomic E-state index is 0.143. The van der Waals surface area contributed by atoms with Crippen LogP contribution in [0.3, 0.4) is 0 Å². The highest BCUT2D eigenvalue weighted by molar-refractivity contribution is 6.05. The molecular weight excluding hydrogens is 1010 g/mol. The SMILES string of the molecule is CN1C(=CC=C2CCCC(C=CC3=[N+](C)c4ccc(C(=O)[O-])cc4C3(C)C)=C2CC2=C(C=CC3=[N+](C)c4ccc(C(=O)[O-])cc4C3(C)C)CCCC2=CC=C2N(C)c3ccc(C(=O)O)cc3C2(C)C)C(C)(C)c2cc(C(=O)O)ccc21. The van der Waals surface area contributed by atoms with Gasteiger partial charge in [0.25, 0.3) is 0 Å². The van der Waals surface area contributed by atoms with Crippen LogP contribution in [0.25, 0.3) is 0 Å². The summed E-state index contributed by atoms with van der Waals surface area (Å²) < 4.78 is 4.31. The molecule has 0 radical (unpaired) electrons. The van der Waals surface area contributed by atoms with Gasteiger partial charge in [0.1, 0.15) is 14.1 Å². The Kier molecular flexibility index (Phi) is 14.0. The minimum atomic E-state index is -1.21. The lowest BCUT2D eigenvalue weighted by atomic mass is 9.76. The zero-order valence-electron chi connectivity index (χ0n) is 48.6. The third-order valence-corrected chi connectivity index (χ3v) is 18.6. The number of likely N-dealkylation sites (N-methyl/N-ethyl adjacent to an activating group) is 2. The van der Waals surface area contributed by atoms with Crippen molar-refractivity contribution in [2.45, 2.75) is 122 Å². The number of rotatable bonds is 12. The Balaban J connectivity index is 1.15. The molecular formula is C69H72N4O8. The molecule has 4 heterocycles. The van der Waals surface area contributed by atoms with Gasteiger partial charge in [-0.2, -0.15) is 9.15 Å². The molecule has 4 aromatic carbocycles. The van der Waals surface area contributed by atoms with Crippen molar-refractivity contribution in [3.05, 3.63) is 211 Å². The van der Waals surface area contributed by atoms with Gasteiger partial charge in [0.05, 0.1) is 33.9 Å². The van der Waals surface area contributed by atoms with Crippen LogP contribution in [0.2, 0.25) is 0 Å². The van der Waals surface area contributed by atoms with E-state index in [1.54, 1.807) is 48.5 Å². The van der Waals surface area contributed by atoms with Crippen molar-refractivity contribution in [1.82, 2.24) is 0 Å². The highest BCUT2D eigenvalue weighted by atomic mass is 16.4. The predicted octanol–water partition coefficient (Wildman–Crippen LogP) is 11.5. The second-order valence-corrected chi connectivity index (χ2v) is 24.7. The van der Waals surface area contributed by atoms with Crippen molar-refractivity contribution in [1.29, 1.82) is 0 Å². The van der Waals surface area contributed by atoms with Gasteiger partial charge in [-0.25, -0.2) is 9.59 Å². The quantitative estimate of drug-likeness (QED) is 0.130. The average molecular weight is 1090 g/mol. The Morgan fingerprint density at radius 2 is 0.852 bits per heavy atom. The van der Waals surface area contributed by atoms with Crippen molar-refractivity contribution >= 4 is 58.1 Å². The van der Waals surface area contributed by atoms with Crippen LogP contribution >= 0.6 is 0 Å². The van der Waals surface area contributed by atoms with Gasteiger partial charge in [-0.05, 0) is 201 Å². The van der Waals surface area contributed by atoms with E-state index in [0.29, 0.717) is 6.42 Å². The number of anilines is 2. The number of carboxylic acids is 4. The van der Waals surface area contributed by atoms with Crippen LogP contribution < -0.4 is 20.0 Å². The molecule has 2 aliphatic carbocycles. The number of nitrogens with zero attached hydrogens (tertiary/aromatic N) is 4. The number of allylic oxidation sites excluding steroid dienone is 16. The molecule has 0 amide bonds. The molecule has 81 heavy (non-hydrogen) atoms. The summed E-state index contributed by atoms with van der Waals surface area (Å²) in [5.74, 6) is -4.35. The van der Waals surface area contributed by atoms with Crippen LogP contribution in [0, 0.1) is 0 Å². The number of aromatic carboxylic acids is 4. The van der Waals surface area contributed by atoms with E-state index in [4.69, 9.17) is 0 Å². The minimum Gasteiger partial charge on any atom is -0.545 e. The fourth-order valence-corrected chi connectivity index (χ4v) is 13.9. The van der Waals surface area contributed by atoms with E-state index in [0.717, 1.165) is 106 Å². The predicted molar refractivity (Wildman–Crippen MR) is 316 cm³/mol. The number of fused-ring (bicyclic) bond motifs is 4. The molecule has 10 rings (SSSR count). The molecule has 6 aliphatic rings. The number of hydrogen-bond acceptors (Lipinski definition) is 8. The second-order valence-electron chi connectivity index (χ2n) is 24.7. The second kappa shape index (κ2) is 20.3. The topological polar surface area (TPSA) is 167 Å². The smallest absolute Gasteiger partial charge is 0.335 e. The van der Waals surface area contributed by atoms with Crippen molar-refractivity contribution < 1.29 is 48.8 Å². The maximum atomic E-state index is 12.2. The standard InChI is InChI=1S/C69H72N4O8/c1-66(2)50-35-44(62(74)75)19-27-54(50)70(9)58(66)31-23-40-15-13-16-41(24-32-59-67(3,4)51-36-45(63(76)77)20-28-55(51)71(59)10)48(40)39-49-42(25-33-60-68(5,6)52-37-46(64(78)79)21-29-56(52)72(60)11)17-14-18-43(49)26-34-61-69(7,8)53-38-47(65(80)81)22-30-57(53)73(61)12/h19-38H,13-18,39H2,1-12H3,(H2-2,74,75,76,77,78,79,80,81). The maximum Gasteiger partial charge on any atom is 0.335 e. The maximum absolute atomic E-state index is 12.2. The molecule has 0 bridgehead atoms. The van der Waals surface area contributed by atoms with Gasteiger partial charge in [0.2, 0.25) is 11.4 Å². The summed E-state index contributed by atoms with van der Waals surface area (Å²) in [6.07, 6.45) is 23.7. The number of carbonyl (C=O) groups excluding carboxylic acids is 2. The van der Waals surface area contributed by atoms with Crippen molar-refractivity contribution in [2.24, 2.45) is 0 Å². The van der Waals surface area contributed by atoms with Gasteiger partial charge in [-0.3, -0.25) is 0 Å². The lowest BCUT2D eigenvalue weighted by Gasteiger charge is -2.28. The van der Waals surface area contributed by atoms with Crippen LogP contribution in [0.15, 0.2) is 166 Å². The molecule has 12 heteroatoms. The van der Waals surface area contributed by atoms with Gasteiger partial charge >= 0.3 is 11.9 Å². The summed E-state index contributed by atoms with van der Waals surface area (Å²) in [7, 11) is 8.15. The van der Waals surface area contributed by atoms with Gasteiger partial charge in [-0.1, -0.05) is 52.0 Å². The number of carboxylic acid groups (broad SMARTS) is 4. The largest absolute Gasteiger partial charge is 0.545 e. The zero-order valence-corrected chi connectivity index (χ0v) is 48.6. The van der Waals surface area contributed by atoms with E-state index in [9.17, 15) is 39.6 Å². The third-order valence-electron chi connectivity index (χ3n) is 18.6. The Bertz CT molecular complexity index is 3560. The Morgan fingerprint density at radius 1 is 0.494 bits per heavy atom. The van der Waals surface area contributed by atoms with Gasteiger partial charge in [0, 0.05) is 83.1 Å². The molecule has 2 N–H and O–H groups in total. The summed E-state index contributed by atoms with van der Waals surface area (Å²) in [6, 6.07) is 21.1. The van der Waals surface area contributed by atoms with Crippen molar-refractivity contribution in [2.75, 3.05) is 38.0 Å². The average Bonchev–Trinajstić information content (AvgIpc) is 4.12. The van der Waals surface area contributed by atoms with Crippen LogP contribution in [0.4, 0.5) is 22.7 Å². The Labute approximate surface area is 475 Å². The fourth-order valence-electron chi connectivity index (χ4n) is 13.9. The van der Waals surface area contributed by atoms with E-state index in [1.807, 2.05) is 52.5 Å². The van der Waals surface area contributed by atoms with Gasteiger partial charge < -0.3 is 39.8 Å². The van der Waals surface area contributed by atoms with E-state index in [-0.39, 0.29) is 22.3 Å². The lowest BCUT2D eigenvalue weighted by molar-refractivity contribution is -0.401. The highest BCUT2D eigenvalue weighted by Crippen LogP contribution is 2.50. The summed E-state index contributed by atoms with van der Waals surface area (Å²) in [5.41, 5.74) is 17.7. The van der Waals surface area contributed by atoms with E-state index < -0.39 is 45.5 Å². The third kappa shape index (κ3) is 9.45. The number of carbonyl (C=O) groups is 4. The first kappa shape index (κ1) is 55.9. The molecule has 0 saturated carbocycles. The first-order valence-electron chi connectivity index (χ1n) is 28.0. The van der Waals surface area contributed by atoms with Crippen LogP contribution in [-0.4, -0.2) is 82.9 Å². The summed E-state index contributed by atoms with van der Waals surface area (Å²) in [6.45, 7) is 17.1. The molecule has 0 aromatic heterocycles. The number of hydrogen-bond donors (Lipinski definition) is 2. The lowest BCUT2D eigenvalue weighted by Crippen LogP contribution is -2.27. The molecule has 0 atom stereocenters. The van der Waals surface area contributed by atoms with Crippen LogP contribution in [-0.2, 0) is 21.7 Å². The van der Waals surface area contributed by atoms with Gasteiger partial charge in [0.15, 0.2) is 11.4 Å². The Hall–Kier alpha value is -8.38. The van der Waals surface area contributed by atoms with E-state index in [1.165, 1.54) is 33.4 Å². The summed E-state index contributed by atoms with van der Waals surface area (Å²) >= 11 is 0. The number of benzene rings is 4. The van der Waals surface area contributed by atoms with Crippen molar-refractivity contribution in [3.63, 3.8) is 0 Å². The molecule has 0 fully saturated rings. The van der Waals surface area contributed by atoms with E-state index in [2.05, 4.69) is 123 Å².